The highest BCUT2D eigenvalue weighted by atomic mass is 35.5. The van der Waals surface area contributed by atoms with Gasteiger partial charge in [-0.25, -0.2) is 4.98 Å². The number of pyridine rings is 1. The summed E-state index contributed by atoms with van der Waals surface area (Å²) in [5, 5.41) is 11.1. The average Bonchev–Trinajstić information content (AvgIpc) is 2.79. The van der Waals surface area contributed by atoms with E-state index in [1.54, 1.807) is 6.07 Å². The molecule has 2 unspecified atom stereocenters. The van der Waals surface area contributed by atoms with Gasteiger partial charge in [0.15, 0.2) is 0 Å². The van der Waals surface area contributed by atoms with Gasteiger partial charge >= 0.3 is 0 Å². The number of carbonyl (C=O) groups is 1. The van der Waals surface area contributed by atoms with Crippen LogP contribution in [0.25, 0.3) is 11.1 Å². The number of carbonyl (C=O) groups excluding carboxylic acids is 1. The molecule has 0 radical (unpaired) electrons. The quantitative estimate of drug-likeness (QED) is 0.884. The number of rotatable bonds is 2. The van der Waals surface area contributed by atoms with E-state index in [1.165, 1.54) is 0 Å². The second kappa shape index (κ2) is 6.62. The van der Waals surface area contributed by atoms with Crippen molar-refractivity contribution in [1.29, 1.82) is 0 Å². The van der Waals surface area contributed by atoms with Gasteiger partial charge in [-0.2, -0.15) is 0 Å². The lowest BCUT2D eigenvalue weighted by atomic mass is 10.00. The first-order chi connectivity index (χ1) is 10.0. The van der Waals surface area contributed by atoms with E-state index >= 15 is 0 Å². The summed E-state index contributed by atoms with van der Waals surface area (Å²) < 4.78 is 5.18. The summed E-state index contributed by atoms with van der Waals surface area (Å²) in [4.78, 5) is 16.9. The van der Waals surface area contributed by atoms with Gasteiger partial charge < -0.3 is 15.2 Å². The molecule has 0 saturated carbocycles. The Morgan fingerprint density at radius 1 is 1.45 bits per heavy atom. The first-order valence-corrected chi connectivity index (χ1v) is 7.32. The Morgan fingerprint density at radius 3 is 2.95 bits per heavy atom. The lowest BCUT2D eigenvalue weighted by molar-refractivity contribution is 0.0927. The zero-order valence-corrected chi connectivity index (χ0v) is 13.8. The zero-order valence-electron chi connectivity index (χ0n) is 13.0. The zero-order chi connectivity index (χ0) is 15.0. The van der Waals surface area contributed by atoms with Crippen LogP contribution in [0.2, 0.25) is 0 Å². The molecule has 1 amide bonds. The van der Waals surface area contributed by atoms with Crippen LogP contribution in [0.15, 0.2) is 10.6 Å². The van der Waals surface area contributed by atoms with Crippen LogP contribution in [0.3, 0.4) is 0 Å². The summed E-state index contributed by atoms with van der Waals surface area (Å²) in [5.74, 6) is -0.0732. The molecule has 0 spiro atoms. The standard InChI is InChI=1S/C15H20N4O2.ClH/c1-8-6-11(4-5-16-8)18-14(20)12-7-9(2)17-15-13(12)10(3)19-21-15;/h7-8,11,16H,4-6H2,1-3H3,(H,18,20);1H. The minimum Gasteiger partial charge on any atom is -0.349 e. The summed E-state index contributed by atoms with van der Waals surface area (Å²) >= 11 is 0. The van der Waals surface area contributed by atoms with Gasteiger partial charge in [0.1, 0.15) is 0 Å². The summed E-state index contributed by atoms with van der Waals surface area (Å²) in [6, 6.07) is 2.44. The molecule has 2 N–H and O–H groups in total. The third-order valence-corrected chi connectivity index (χ3v) is 3.95. The summed E-state index contributed by atoms with van der Waals surface area (Å²) in [6.45, 7) is 6.74. The van der Waals surface area contributed by atoms with Crippen molar-refractivity contribution < 1.29 is 9.32 Å². The molecular weight excluding hydrogens is 304 g/mol. The van der Waals surface area contributed by atoms with Crippen molar-refractivity contribution in [3.63, 3.8) is 0 Å². The molecule has 3 heterocycles. The largest absolute Gasteiger partial charge is 0.349 e. The van der Waals surface area contributed by atoms with E-state index in [1.807, 2.05) is 13.8 Å². The Balaban J connectivity index is 0.00000176. The number of aryl methyl sites for hydroxylation is 2. The van der Waals surface area contributed by atoms with Gasteiger partial charge in [0.25, 0.3) is 11.6 Å². The van der Waals surface area contributed by atoms with Gasteiger partial charge in [0, 0.05) is 17.8 Å². The first-order valence-electron chi connectivity index (χ1n) is 7.32. The molecule has 0 bridgehead atoms. The van der Waals surface area contributed by atoms with E-state index in [9.17, 15) is 4.79 Å². The van der Waals surface area contributed by atoms with Crippen LogP contribution in [0.5, 0.6) is 0 Å². The van der Waals surface area contributed by atoms with Crippen LogP contribution in [-0.2, 0) is 0 Å². The number of nitrogens with one attached hydrogen (secondary N) is 2. The van der Waals surface area contributed by atoms with Gasteiger partial charge in [-0.1, -0.05) is 5.16 Å². The summed E-state index contributed by atoms with van der Waals surface area (Å²) in [5.41, 5.74) is 2.47. The van der Waals surface area contributed by atoms with E-state index in [0.717, 1.165) is 25.1 Å². The van der Waals surface area contributed by atoms with Crippen molar-refractivity contribution in [2.24, 2.45) is 0 Å². The highest BCUT2D eigenvalue weighted by Gasteiger charge is 2.23. The average molecular weight is 325 g/mol. The van der Waals surface area contributed by atoms with E-state index in [2.05, 4.69) is 27.7 Å². The minimum absolute atomic E-state index is 0. The Kier molecular flexibility index (Phi) is 5.03. The predicted octanol–water partition coefficient (Wildman–Crippen LogP) is 2.13. The van der Waals surface area contributed by atoms with Crippen LogP contribution in [0, 0.1) is 13.8 Å². The van der Waals surface area contributed by atoms with Gasteiger partial charge in [0.05, 0.1) is 16.6 Å². The van der Waals surface area contributed by atoms with Crippen LogP contribution < -0.4 is 10.6 Å². The molecule has 1 fully saturated rings. The Morgan fingerprint density at radius 2 is 2.23 bits per heavy atom. The van der Waals surface area contributed by atoms with Crippen molar-refractivity contribution >= 4 is 29.4 Å². The number of nitrogens with zero attached hydrogens (tertiary/aromatic N) is 2. The molecular formula is C15H21ClN4O2. The van der Waals surface area contributed by atoms with Gasteiger partial charge in [-0.05, 0) is 46.2 Å². The van der Waals surface area contributed by atoms with Gasteiger partial charge in [-0.3, -0.25) is 4.79 Å². The Hall–Kier alpha value is -1.66. The number of amides is 1. The molecule has 2 atom stereocenters. The second-order valence-electron chi connectivity index (χ2n) is 5.81. The molecule has 2 aromatic rings. The van der Waals surface area contributed by atoms with Crippen LogP contribution in [-0.4, -0.2) is 34.7 Å². The predicted molar refractivity (Wildman–Crippen MR) is 86.5 cm³/mol. The number of aromatic nitrogens is 2. The van der Waals surface area contributed by atoms with Crippen LogP contribution >= 0.6 is 12.4 Å². The van der Waals surface area contributed by atoms with Crippen molar-refractivity contribution in [3.8, 4) is 0 Å². The molecule has 1 aliphatic rings. The van der Waals surface area contributed by atoms with E-state index in [-0.39, 0.29) is 24.4 Å². The van der Waals surface area contributed by atoms with E-state index in [4.69, 9.17) is 4.52 Å². The van der Waals surface area contributed by atoms with Crippen molar-refractivity contribution in [2.75, 3.05) is 6.54 Å². The van der Waals surface area contributed by atoms with Crippen LogP contribution in [0.4, 0.5) is 0 Å². The van der Waals surface area contributed by atoms with Crippen LogP contribution in [0.1, 0.15) is 41.5 Å². The maximum atomic E-state index is 12.6. The molecule has 0 aromatic carbocycles. The maximum Gasteiger partial charge on any atom is 0.258 e. The number of halogens is 1. The van der Waals surface area contributed by atoms with Gasteiger partial charge in [0.2, 0.25) is 0 Å². The SMILES string of the molecule is Cc1cc(C(=O)NC2CCNC(C)C2)c2c(C)noc2n1.Cl. The molecule has 6 nitrogen and oxygen atoms in total. The molecule has 2 aromatic heterocycles. The number of hydrogen-bond acceptors (Lipinski definition) is 5. The Bertz CT molecular complexity index is 685. The third kappa shape index (κ3) is 3.23. The number of hydrogen-bond donors (Lipinski definition) is 2. The molecule has 0 aliphatic carbocycles. The highest BCUT2D eigenvalue weighted by Crippen LogP contribution is 2.22. The monoisotopic (exact) mass is 324 g/mol. The molecule has 7 heteroatoms. The third-order valence-electron chi connectivity index (χ3n) is 3.95. The highest BCUT2D eigenvalue weighted by molar-refractivity contribution is 6.06. The number of fused-ring (bicyclic) bond motifs is 1. The minimum atomic E-state index is -0.0732. The van der Waals surface area contributed by atoms with Gasteiger partial charge in [-0.15, -0.1) is 12.4 Å². The lowest BCUT2D eigenvalue weighted by Gasteiger charge is -2.28. The molecule has 120 valence electrons. The first kappa shape index (κ1) is 16.7. The fourth-order valence-corrected chi connectivity index (χ4v) is 2.92. The summed E-state index contributed by atoms with van der Waals surface area (Å²) in [7, 11) is 0. The molecule has 1 saturated heterocycles. The van der Waals surface area contributed by atoms with E-state index in [0.29, 0.717) is 28.4 Å². The molecule has 22 heavy (non-hydrogen) atoms. The second-order valence-corrected chi connectivity index (χ2v) is 5.81. The molecule has 1 aliphatic heterocycles. The van der Waals surface area contributed by atoms with E-state index < -0.39 is 0 Å². The lowest BCUT2D eigenvalue weighted by Crippen LogP contribution is -2.46. The fraction of sp³-hybridized carbons (Fsp3) is 0.533. The summed E-state index contributed by atoms with van der Waals surface area (Å²) in [6.07, 6.45) is 1.90. The van der Waals surface area contributed by atoms with Crippen molar-refractivity contribution in [2.45, 2.75) is 45.7 Å². The Labute approximate surface area is 135 Å². The number of piperidine rings is 1. The molecule has 3 rings (SSSR count). The normalized spacial score (nSPS) is 21.4. The smallest absolute Gasteiger partial charge is 0.258 e. The fourth-order valence-electron chi connectivity index (χ4n) is 2.92. The van der Waals surface area contributed by atoms with Crippen molar-refractivity contribution in [3.05, 3.63) is 23.0 Å². The van der Waals surface area contributed by atoms with Crippen molar-refractivity contribution in [1.82, 2.24) is 20.8 Å². The maximum absolute atomic E-state index is 12.6. The topological polar surface area (TPSA) is 80.0 Å².